The molecule has 0 spiro atoms. The molecule has 0 unspecified atom stereocenters. The van der Waals surface area contributed by atoms with Crippen molar-refractivity contribution in [1.82, 2.24) is 10.2 Å². The molecule has 0 aliphatic carbocycles. The number of benzene rings is 2. The minimum Gasteiger partial charge on any atom is -0.380 e. The van der Waals surface area contributed by atoms with Gasteiger partial charge in [-0.05, 0) is 11.5 Å². The Morgan fingerprint density at radius 3 is 2.31 bits per heavy atom. The maximum absolute atomic E-state index is 12.3. The number of amides is 2. The van der Waals surface area contributed by atoms with E-state index in [1.54, 1.807) is 0 Å². The first-order valence-corrected chi connectivity index (χ1v) is 8.62. The fourth-order valence-electron chi connectivity index (χ4n) is 3.27. The first-order chi connectivity index (χ1) is 12.5. The van der Waals surface area contributed by atoms with E-state index in [1.807, 2.05) is 18.2 Å². The predicted molar refractivity (Wildman–Crippen MR) is 98.8 cm³/mol. The molecule has 1 aliphatic rings. The van der Waals surface area contributed by atoms with Gasteiger partial charge in [0.25, 0.3) is 11.8 Å². The summed E-state index contributed by atoms with van der Waals surface area (Å²) in [4.78, 5) is 27.4. The smallest absolute Gasteiger partial charge is 0.254 e. The summed E-state index contributed by atoms with van der Waals surface area (Å²) >= 11 is 0. The largest absolute Gasteiger partial charge is 0.380 e. The van der Waals surface area contributed by atoms with Gasteiger partial charge in [0, 0.05) is 44.3 Å². The third-order valence-electron chi connectivity index (χ3n) is 4.77. The van der Waals surface area contributed by atoms with Crippen LogP contribution in [-0.4, -0.2) is 72.4 Å². The van der Waals surface area contributed by atoms with E-state index in [4.69, 9.17) is 0 Å². The van der Waals surface area contributed by atoms with Crippen LogP contribution in [0, 0.1) is 0 Å². The lowest BCUT2D eigenvalue weighted by atomic mass is 10.1. The van der Waals surface area contributed by atoms with Gasteiger partial charge in [-0.3, -0.25) is 9.59 Å². The highest BCUT2D eigenvalue weighted by molar-refractivity contribution is 5.94. The molecule has 1 fully saturated rings. The van der Waals surface area contributed by atoms with Crippen LogP contribution in [0.4, 0.5) is 5.69 Å². The van der Waals surface area contributed by atoms with Gasteiger partial charge in [-0.15, -0.1) is 0 Å². The maximum Gasteiger partial charge on any atom is 0.254 e. The topological polar surface area (TPSA) is 93.1 Å². The average Bonchev–Trinajstić information content (AvgIpc) is 2.71. The number of rotatable bonds is 4. The highest BCUT2D eigenvalue weighted by atomic mass is 16.3. The van der Waals surface area contributed by atoms with E-state index in [-0.39, 0.29) is 0 Å². The van der Waals surface area contributed by atoms with E-state index in [9.17, 15) is 19.8 Å². The number of fused-ring (bicyclic) bond motifs is 1. The summed E-state index contributed by atoms with van der Waals surface area (Å²) in [5, 5.41) is 24.2. The minimum absolute atomic E-state index is 0.416. The van der Waals surface area contributed by atoms with Crippen LogP contribution in [0.25, 0.3) is 10.8 Å². The number of hydrogen-bond acceptors (Lipinski definition) is 5. The SMILES string of the molecule is CNC(=O)[C@H](O)[C@@H](O)C(=O)N1CCN(c2cccc3ccccc23)CC1. The number of nitrogens with zero attached hydrogens (tertiary/aromatic N) is 2. The quantitative estimate of drug-likeness (QED) is 0.714. The van der Waals surface area contributed by atoms with Crippen LogP contribution in [0.3, 0.4) is 0 Å². The van der Waals surface area contributed by atoms with Crippen LogP contribution in [-0.2, 0) is 9.59 Å². The van der Waals surface area contributed by atoms with Gasteiger partial charge >= 0.3 is 0 Å². The minimum atomic E-state index is -1.76. The van der Waals surface area contributed by atoms with Crippen molar-refractivity contribution in [3.8, 4) is 0 Å². The molecule has 3 rings (SSSR count). The van der Waals surface area contributed by atoms with E-state index < -0.39 is 24.0 Å². The lowest BCUT2D eigenvalue weighted by Gasteiger charge is -2.37. The van der Waals surface area contributed by atoms with E-state index in [0.717, 1.165) is 16.5 Å². The summed E-state index contributed by atoms with van der Waals surface area (Å²) in [7, 11) is 1.34. The zero-order chi connectivity index (χ0) is 18.7. The van der Waals surface area contributed by atoms with E-state index in [2.05, 4.69) is 34.5 Å². The Balaban J connectivity index is 1.67. The number of anilines is 1. The third-order valence-corrected chi connectivity index (χ3v) is 4.77. The molecule has 1 aliphatic heterocycles. The Labute approximate surface area is 151 Å². The van der Waals surface area contributed by atoms with E-state index in [1.165, 1.54) is 11.9 Å². The molecule has 2 aromatic carbocycles. The Morgan fingerprint density at radius 1 is 0.962 bits per heavy atom. The summed E-state index contributed by atoms with van der Waals surface area (Å²) in [5.41, 5.74) is 1.11. The molecular weight excluding hydrogens is 334 g/mol. The Kier molecular flexibility index (Phi) is 5.39. The van der Waals surface area contributed by atoms with Crippen molar-refractivity contribution >= 4 is 28.3 Å². The lowest BCUT2D eigenvalue weighted by Crippen LogP contribution is -2.55. The van der Waals surface area contributed by atoms with Gasteiger partial charge in [0.05, 0.1) is 0 Å². The number of aliphatic hydroxyl groups is 2. The van der Waals surface area contributed by atoms with Crippen LogP contribution in [0.15, 0.2) is 42.5 Å². The molecule has 0 bridgehead atoms. The predicted octanol–water partition coefficient (Wildman–Crippen LogP) is -0.0438. The number of aliphatic hydroxyl groups excluding tert-OH is 2. The van der Waals surface area contributed by atoms with Gasteiger partial charge < -0.3 is 25.3 Å². The van der Waals surface area contributed by atoms with Crippen molar-refractivity contribution in [1.29, 1.82) is 0 Å². The standard InChI is InChI=1S/C19H23N3O4/c1-20-18(25)16(23)17(24)19(26)22-11-9-21(10-12-22)15-8-4-6-13-5-2-3-7-14(13)15/h2-8,16-17,23-24H,9-12H2,1H3,(H,20,25)/t16-,17-/m1/s1. The summed E-state index contributed by atoms with van der Waals surface area (Å²) < 4.78 is 0. The summed E-state index contributed by atoms with van der Waals surface area (Å²) in [5.74, 6) is -1.40. The zero-order valence-electron chi connectivity index (χ0n) is 14.6. The maximum atomic E-state index is 12.3. The second kappa shape index (κ2) is 7.72. The van der Waals surface area contributed by atoms with Crippen molar-refractivity contribution in [2.75, 3.05) is 38.1 Å². The normalized spacial score (nSPS) is 17.0. The van der Waals surface area contributed by atoms with E-state index in [0.29, 0.717) is 26.2 Å². The van der Waals surface area contributed by atoms with Crippen molar-refractivity contribution in [2.45, 2.75) is 12.2 Å². The highest BCUT2D eigenvalue weighted by Crippen LogP contribution is 2.27. The van der Waals surface area contributed by atoms with Crippen molar-refractivity contribution in [3.63, 3.8) is 0 Å². The summed E-state index contributed by atoms with van der Waals surface area (Å²) in [6.45, 7) is 2.06. The van der Waals surface area contributed by atoms with Crippen LogP contribution in [0.5, 0.6) is 0 Å². The van der Waals surface area contributed by atoms with Gasteiger partial charge in [-0.1, -0.05) is 36.4 Å². The van der Waals surface area contributed by atoms with Gasteiger partial charge in [0.2, 0.25) is 0 Å². The molecule has 3 N–H and O–H groups in total. The van der Waals surface area contributed by atoms with Crippen LogP contribution in [0.2, 0.25) is 0 Å². The molecule has 0 saturated carbocycles. The molecule has 0 radical (unpaired) electrons. The second-order valence-corrected chi connectivity index (χ2v) is 6.31. The lowest BCUT2D eigenvalue weighted by molar-refractivity contribution is -0.153. The number of hydrogen-bond donors (Lipinski definition) is 3. The molecule has 2 aromatic rings. The molecule has 1 saturated heterocycles. The monoisotopic (exact) mass is 357 g/mol. The summed E-state index contributed by atoms with van der Waals surface area (Å²) in [6.07, 6.45) is -3.51. The number of likely N-dealkylation sites (N-methyl/N-ethyl adjacent to an activating group) is 1. The van der Waals surface area contributed by atoms with Crippen molar-refractivity contribution < 1.29 is 19.8 Å². The van der Waals surface area contributed by atoms with Crippen LogP contribution >= 0.6 is 0 Å². The highest BCUT2D eigenvalue weighted by Gasteiger charge is 2.34. The van der Waals surface area contributed by atoms with Gasteiger partial charge in [0.1, 0.15) is 0 Å². The molecule has 26 heavy (non-hydrogen) atoms. The molecular formula is C19H23N3O4. The second-order valence-electron chi connectivity index (χ2n) is 6.31. The number of carbonyl (C=O) groups excluding carboxylic acids is 2. The molecule has 2 atom stereocenters. The Bertz CT molecular complexity index is 797. The van der Waals surface area contributed by atoms with Gasteiger partial charge in [0.15, 0.2) is 12.2 Å². The molecule has 2 amide bonds. The Hall–Kier alpha value is -2.64. The Morgan fingerprint density at radius 2 is 1.62 bits per heavy atom. The van der Waals surface area contributed by atoms with Crippen LogP contribution in [0.1, 0.15) is 0 Å². The first-order valence-electron chi connectivity index (χ1n) is 8.62. The summed E-state index contributed by atoms with van der Waals surface area (Å²) in [6, 6.07) is 14.3. The first kappa shape index (κ1) is 18.2. The van der Waals surface area contributed by atoms with E-state index >= 15 is 0 Å². The zero-order valence-corrected chi connectivity index (χ0v) is 14.6. The van der Waals surface area contributed by atoms with Crippen molar-refractivity contribution in [2.24, 2.45) is 0 Å². The molecule has 7 nitrogen and oxygen atoms in total. The van der Waals surface area contributed by atoms with Gasteiger partial charge in [-0.2, -0.15) is 0 Å². The third kappa shape index (κ3) is 3.49. The fourth-order valence-corrected chi connectivity index (χ4v) is 3.27. The number of carbonyl (C=O) groups is 2. The van der Waals surface area contributed by atoms with Crippen molar-refractivity contribution in [3.05, 3.63) is 42.5 Å². The fraction of sp³-hybridized carbons (Fsp3) is 0.368. The average molecular weight is 357 g/mol. The molecule has 7 heteroatoms. The molecule has 138 valence electrons. The number of piperazine rings is 1. The molecule has 0 aromatic heterocycles. The van der Waals surface area contributed by atoms with Crippen LogP contribution < -0.4 is 10.2 Å². The molecule has 1 heterocycles. The van der Waals surface area contributed by atoms with Gasteiger partial charge in [-0.25, -0.2) is 0 Å². The number of nitrogens with one attached hydrogen (secondary N) is 1.